The van der Waals surface area contributed by atoms with Gasteiger partial charge in [0.15, 0.2) is 0 Å². The molecule has 0 saturated carbocycles. The molecule has 0 saturated heterocycles. The standard InChI is InChI=1S/C12H9FN2O3/c13-10-5-2-6-11(12(10)15(16)17)18-9-4-1-3-8(14)7-9/h1-7H,14H2. The quantitative estimate of drug-likeness (QED) is 0.514. The van der Waals surface area contributed by atoms with Crippen molar-refractivity contribution in [2.24, 2.45) is 0 Å². The Morgan fingerprint density at radius 1 is 1.22 bits per heavy atom. The summed E-state index contributed by atoms with van der Waals surface area (Å²) in [6.07, 6.45) is 0. The minimum atomic E-state index is -0.943. The summed E-state index contributed by atoms with van der Waals surface area (Å²) in [5, 5.41) is 10.8. The fraction of sp³-hybridized carbons (Fsp3) is 0. The van der Waals surface area contributed by atoms with Gasteiger partial charge in [-0.3, -0.25) is 10.1 Å². The molecule has 0 bridgehead atoms. The van der Waals surface area contributed by atoms with Gasteiger partial charge in [0.1, 0.15) is 5.75 Å². The Balaban J connectivity index is 2.40. The molecule has 0 spiro atoms. The highest BCUT2D eigenvalue weighted by molar-refractivity contribution is 5.51. The van der Waals surface area contributed by atoms with Crippen molar-refractivity contribution in [2.45, 2.75) is 0 Å². The highest BCUT2D eigenvalue weighted by Gasteiger charge is 2.21. The van der Waals surface area contributed by atoms with Crippen molar-refractivity contribution in [2.75, 3.05) is 5.73 Å². The predicted octanol–water partition coefficient (Wildman–Crippen LogP) is 3.11. The van der Waals surface area contributed by atoms with Crippen LogP contribution in [0.4, 0.5) is 15.8 Å². The zero-order chi connectivity index (χ0) is 13.1. The molecule has 2 aromatic rings. The number of benzene rings is 2. The highest BCUT2D eigenvalue weighted by atomic mass is 19.1. The van der Waals surface area contributed by atoms with Crippen LogP contribution in [0.5, 0.6) is 11.5 Å². The number of halogens is 1. The molecule has 0 amide bonds. The third-order valence-corrected chi connectivity index (χ3v) is 2.22. The molecule has 0 unspecified atom stereocenters. The Hall–Kier alpha value is -2.63. The number of hydrogen-bond acceptors (Lipinski definition) is 4. The summed E-state index contributed by atoms with van der Waals surface area (Å²) < 4.78 is 18.6. The van der Waals surface area contributed by atoms with E-state index in [1.807, 2.05) is 0 Å². The van der Waals surface area contributed by atoms with E-state index < -0.39 is 16.4 Å². The van der Waals surface area contributed by atoms with Crippen LogP contribution in [0.2, 0.25) is 0 Å². The second kappa shape index (κ2) is 4.70. The van der Waals surface area contributed by atoms with Crippen LogP contribution >= 0.6 is 0 Å². The highest BCUT2D eigenvalue weighted by Crippen LogP contribution is 2.33. The topological polar surface area (TPSA) is 78.4 Å². The fourth-order valence-electron chi connectivity index (χ4n) is 1.46. The van der Waals surface area contributed by atoms with Gasteiger partial charge in [-0.15, -0.1) is 0 Å². The molecule has 5 nitrogen and oxygen atoms in total. The average Bonchev–Trinajstić information content (AvgIpc) is 2.28. The maximum Gasteiger partial charge on any atom is 0.346 e. The molecule has 0 radical (unpaired) electrons. The number of nitro benzene ring substituents is 1. The van der Waals surface area contributed by atoms with Crippen molar-refractivity contribution in [3.05, 3.63) is 58.4 Å². The van der Waals surface area contributed by atoms with Crippen molar-refractivity contribution >= 4 is 11.4 Å². The second-order valence-corrected chi connectivity index (χ2v) is 3.52. The largest absolute Gasteiger partial charge is 0.450 e. The molecule has 2 N–H and O–H groups in total. The summed E-state index contributed by atoms with van der Waals surface area (Å²) in [6, 6.07) is 10.0. The number of para-hydroxylation sites is 1. The molecule has 0 atom stereocenters. The van der Waals surface area contributed by atoms with Crippen molar-refractivity contribution in [1.29, 1.82) is 0 Å². The van der Waals surface area contributed by atoms with Crippen molar-refractivity contribution in [1.82, 2.24) is 0 Å². The van der Waals surface area contributed by atoms with E-state index in [0.29, 0.717) is 11.4 Å². The van der Waals surface area contributed by atoms with Crippen LogP contribution < -0.4 is 10.5 Å². The second-order valence-electron chi connectivity index (χ2n) is 3.52. The monoisotopic (exact) mass is 248 g/mol. The van der Waals surface area contributed by atoms with Crippen LogP contribution in [0.15, 0.2) is 42.5 Å². The molecule has 0 aliphatic rings. The molecule has 0 aromatic heterocycles. The van der Waals surface area contributed by atoms with E-state index in [0.717, 1.165) is 6.07 Å². The normalized spacial score (nSPS) is 10.1. The van der Waals surface area contributed by atoms with Gasteiger partial charge >= 0.3 is 5.69 Å². The summed E-state index contributed by atoms with van der Waals surface area (Å²) in [5.74, 6) is -0.796. The van der Waals surface area contributed by atoms with E-state index in [-0.39, 0.29) is 5.75 Å². The van der Waals surface area contributed by atoms with Gasteiger partial charge in [-0.05, 0) is 24.3 Å². The molecule has 18 heavy (non-hydrogen) atoms. The first kappa shape index (κ1) is 11.8. The van der Waals surface area contributed by atoms with Crippen LogP contribution in [0.3, 0.4) is 0 Å². The lowest BCUT2D eigenvalue weighted by Gasteiger charge is -2.06. The number of nitrogens with two attached hydrogens (primary N) is 1. The van der Waals surface area contributed by atoms with Crippen LogP contribution in [-0.4, -0.2) is 4.92 Å². The molecule has 0 heterocycles. The van der Waals surface area contributed by atoms with Gasteiger partial charge in [-0.1, -0.05) is 12.1 Å². The van der Waals surface area contributed by atoms with Gasteiger partial charge in [-0.2, -0.15) is 4.39 Å². The van der Waals surface area contributed by atoms with Gasteiger partial charge in [0.25, 0.3) is 0 Å². The molecule has 6 heteroatoms. The Morgan fingerprint density at radius 2 is 1.94 bits per heavy atom. The summed E-state index contributed by atoms with van der Waals surface area (Å²) in [4.78, 5) is 9.94. The lowest BCUT2D eigenvalue weighted by Crippen LogP contribution is -1.96. The molecular formula is C12H9FN2O3. The summed E-state index contributed by atoms with van der Waals surface area (Å²) in [5.41, 5.74) is 5.31. The third-order valence-electron chi connectivity index (χ3n) is 2.22. The molecule has 0 aliphatic carbocycles. The lowest BCUT2D eigenvalue weighted by molar-refractivity contribution is -0.388. The van der Waals surface area contributed by atoms with Crippen LogP contribution in [-0.2, 0) is 0 Å². The van der Waals surface area contributed by atoms with E-state index in [2.05, 4.69) is 0 Å². The molecule has 2 rings (SSSR count). The maximum atomic E-state index is 13.3. The minimum absolute atomic E-state index is 0.161. The number of nitrogen functional groups attached to an aromatic ring is 1. The molecule has 92 valence electrons. The van der Waals surface area contributed by atoms with Gasteiger partial charge in [-0.25, -0.2) is 0 Å². The van der Waals surface area contributed by atoms with Gasteiger partial charge < -0.3 is 10.5 Å². The van der Waals surface area contributed by atoms with Crippen LogP contribution in [0, 0.1) is 15.9 Å². The smallest absolute Gasteiger partial charge is 0.346 e. The number of anilines is 1. The first-order chi connectivity index (χ1) is 8.58. The number of rotatable bonds is 3. The SMILES string of the molecule is Nc1cccc(Oc2cccc(F)c2[N+](=O)[O-])c1. The first-order valence-electron chi connectivity index (χ1n) is 5.04. The number of ether oxygens (including phenoxy) is 1. The van der Waals surface area contributed by atoms with E-state index in [1.54, 1.807) is 18.2 Å². The van der Waals surface area contributed by atoms with Crippen molar-refractivity contribution < 1.29 is 14.1 Å². The summed E-state index contributed by atoms with van der Waals surface area (Å²) in [6.45, 7) is 0. The first-order valence-corrected chi connectivity index (χ1v) is 5.04. The maximum absolute atomic E-state index is 13.3. The summed E-state index contributed by atoms with van der Waals surface area (Å²) in [7, 11) is 0. The van der Waals surface area contributed by atoms with Gasteiger partial charge in [0, 0.05) is 11.8 Å². The number of nitro groups is 1. The Bertz CT molecular complexity index is 602. The Morgan fingerprint density at radius 3 is 2.61 bits per heavy atom. The predicted molar refractivity (Wildman–Crippen MR) is 64.0 cm³/mol. The van der Waals surface area contributed by atoms with E-state index >= 15 is 0 Å². The molecule has 2 aromatic carbocycles. The Kier molecular flexibility index (Phi) is 3.09. The molecule has 0 fully saturated rings. The van der Waals surface area contributed by atoms with E-state index in [1.165, 1.54) is 18.2 Å². The van der Waals surface area contributed by atoms with E-state index in [4.69, 9.17) is 10.5 Å². The summed E-state index contributed by atoms with van der Waals surface area (Å²) >= 11 is 0. The zero-order valence-electron chi connectivity index (χ0n) is 9.17. The van der Waals surface area contributed by atoms with E-state index in [9.17, 15) is 14.5 Å². The minimum Gasteiger partial charge on any atom is -0.450 e. The van der Waals surface area contributed by atoms with Crippen molar-refractivity contribution in [3.63, 3.8) is 0 Å². The van der Waals surface area contributed by atoms with Gasteiger partial charge in [0.05, 0.1) is 4.92 Å². The fourth-order valence-corrected chi connectivity index (χ4v) is 1.46. The van der Waals surface area contributed by atoms with Crippen LogP contribution in [0.1, 0.15) is 0 Å². The van der Waals surface area contributed by atoms with Crippen LogP contribution in [0.25, 0.3) is 0 Å². The van der Waals surface area contributed by atoms with Crippen molar-refractivity contribution in [3.8, 4) is 11.5 Å². The molecule has 0 aliphatic heterocycles. The number of hydrogen-bond donors (Lipinski definition) is 1. The van der Waals surface area contributed by atoms with Gasteiger partial charge in [0.2, 0.25) is 11.6 Å². The molecular weight excluding hydrogens is 239 g/mol. The third kappa shape index (κ3) is 2.37. The average molecular weight is 248 g/mol. The zero-order valence-corrected chi connectivity index (χ0v) is 9.17. The number of nitrogens with zero attached hydrogens (tertiary/aromatic N) is 1. The lowest BCUT2D eigenvalue weighted by atomic mass is 10.2. The Labute approximate surface area is 102 Å².